The molecule has 1 N–H and O–H groups in total. The van der Waals surface area contributed by atoms with Gasteiger partial charge >= 0.3 is 0 Å². The second-order valence-corrected chi connectivity index (χ2v) is 6.37. The van der Waals surface area contributed by atoms with Gasteiger partial charge < -0.3 is 4.74 Å². The number of carbonyl (C=O) groups excluding carboxylic acids is 1. The number of nitrogens with zero attached hydrogens (tertiary/aromatic N) is 3. The first-order valence-corrected chi connectivity index (χ1v) is 8.69. The van der Waals surface area contributed by atoms with E-state index in [9.17, 15) is 13.6 Å². The standard InChI is InChI=1S/C18H12F2N4O2S/c1-26-15-5-3-2-4-11(15)14-9-27-18-22-17(23-24(14)18)21-16(25)10-6-7-12(19)13(20)8-10/h2-9H,1H3,(H,21,23,25). The van der Waals surface area contributed by atoms with Crippen LogP contribution in [0.4, 0.5) is 14.7 Å². The summed E-state index contributed by atoms with van der Waals surface area (Å²) in [5, 5.41) is 8.67. The van der Waals surface area contributed by atoms with E-state index in [0.29, 0.717) is 10.7 Å². The molecule has 0 bridgehead atoms. The van der Waals surface area contributed by atoms with Crippen molar-refractivity contribution in [3.8, 4) is 17.0 Å². The van der Waals surface area contributed by atoms with Gasteiger partial charge in [0, 0.05) is 16.5 Å². The minimum Gasteiger partial charge on any atom is -0.496 e. The molecule has 1 amide bonds. The smallest absolute Gasteiger partial charge is 0.258 e. The van der Waals surface area contributed by atoms with Crippen molar-refractivity contribution in [3.05, 3.63) is 65.0 Å². The van der Waals surface area contributed by atoms with Gasteiger partial charge in [0.1, 0.15) is 5.75 Å². The van der Waals surface area contributed by atoms with E-state index in [-0.39, 0.29) is 11.5 Å². The molecule has 0 aliphatic rings. The van der Waals surface area contributed by atoms with Gasteiger partial charge in [0.15, 0.2) is 11.6 Å². The molecule has 4 rings (SSSR count). The zero-order valence-electron chi connectivity index (χ0n) is 13.9. The van der Waals surface area contributed by atoms with Gasteiger partial charge in [-0.15, -0.1) is 16.4 Å². The van der Waals surface area contributed by atoms with Crippen LogP contribution in [0.15, 0.2) is 47.8 Å². The number of hydrogen-bond acceptors (Lipinski definition) is 5. The van der Waals surface area contributed by atoms with Gasteiger partial charge in [0.25, 0.3) is 11.9 Å². The predicted octanol–water partition coefficient (Wildman–Crippen LogP) is 4.00. The monoisotopic (exact) mass is 386 g/mol. The molecule has 9 heteroatoms. The van der Waals surface area contributed by atoms with Crippen molar-refractivity contribution in [1.82, 2.24) is 14.6 Å². The molecule has 0 saturated carbocycles. The highest BCUT2D eigenvalue weighted by molar-refractivity contribution is 7.15. The molecule has 136 valence electrons. The Bertz CT molecular complexity index is 1160. The van der Waals surface area contributed by atoms with Gasteiger partial charge in [0.05, 0.1) is 12.8 Å². The number of amides is 1. The fourth-order valence-electron chi connectivity index (χ4n) is 2.59. The summed E-state index contributed by atoms with van der Waals surface area (Å²) < 4.78 is 33.3. The first-order valence-electron chi connectivity index (χ1n) is 7.81. The van der Waals surface area contributed by atoms with Crippen LogP contribution in [0.5, 0.6) is 5.75 Å². The number of fused-ring (bicyclic) bond motifs is 1. The number of halogens is 2. The third-order valence-corrected chi connectivity index (χ3v) is 4.69. The Labute approximate surface area is 156 Å². The molecule has 0 radical (unpaired) electrons. The van der Waals surface area contributed by atoms with Crippen LogP contribution in [0.3, 0.4) is 0 Å². The highest BCUT2D eigenvalue weighted by Crippen LogP contribution is 2.32. The topological polar surface area (TPSA) is 68.5 Å². The summed E-state index contributed by atoms with van der Waals surface area (Å²) in [5.41, 5.74) is 1.56. The molecule has 0 atom stereocenters. The molecule has 6 nitrogen and oxygen atoms in total. The van der Waals surface area contributed by atoms with Gasteiger partial charge in [-0.1, -0.05) is 12.1 Å². The first kappa shape index (κ1) is 17.1. The maximum absolute atomic E-state index is 13.3. The third kappa shape index (κ3) is 3.13. The van der Waals surface area contributed by atoms with E-state index in [1.165, 1.54) is 17.4 Å². The zero-order valence-corrected chi connectivity index (χ0v) is 14.8. The van der Waals surface area contributed by atoms with E-state index in [0.717, 1.165) is 23.4 Å². The molecule has 27 heavy (non-hydrogen) atoms. The summed E-state index contributed by atoms with van der Waals surface area (Å²) in [6.07, 6.45) is 0. The number of anilines is 1. The van der Waals surface area contributed by atoms with E-state index in [2.05, 4.69) is 15.4 Å². The third-order valence-electron chi connectivity index (χ3n) is 3.87. The van der Waals surface area contributed by atoms with Gasteiger partial charge in [0.2, 0.25) is 4.96 Å². The number of carbonyl (C=O) groups is 1. The lowest BCUT2D eigenvalue weighted by Crippen LogP contribution is -2.13. The Morgan fingerprint density at radius 2 is 2.00 bits per heavy atom. The first-order chi connectivity index (χ1) is 13.1. The molecular weight excluding hydrogens is 374 g/mol. The number of hydrogen-bond donors (Lipinski definition) is 1. The van der Waals surface area contributed by atoms with Gasteiger partial charge in [-0.2, -0.15) is 4.98 Å². The number of rotatable bonds is 4. The van der Waals surface area contributed by atoms with Crippen molar-refractivity contribution < 1.29 is 18.3 Å². The van der Waals surface area contributed by atoms with E-state index < -0.39 is 17.5 Å². The molecule has 0 aliphatic heterocycles. The van der Waals surface area contributed by atoms with Gasteiger partial charge in [-0.3, -0.25) is 10.1 Å². The Hall–Kier alpha value is -3.33. The molecular formula is C18H12F2N4O2S. The van der Waals surface area contributed by atoms with Crippen molar-refractivity contribution in [1.29, 1.82) is 0 Å². The molecule has 0 saturated heterocycles. The van der Waals surface area contributed by atoms with Crippen molar-refractivity contribution >= 4 is 28.2 Å². The fraction of sp³-hybridized carbons (Fsp3) is 0.0556. The summed E-state index contributed by atoms with van der Waals surface area (Å²) in [6.45, 7) is 0. The number of para-hydroxylation sites is 1. The van der Waals surface area contributed by atoms with Gasteiger partial charge in [-0.25, -0.2) is 13.3 Å². The van der Waals surface area contributed by atoms with E-state index in [1.54, 1.807) is 11.6 Å². The largest absolute Gasteiger partial charge is 0.496 e. The molecule has 2 aromatic heterocycles. The Morgan fingerprint density at radius 1 is 1.19 bits per heavy atom. The average molecular weight is 386 g/mol. The van der Waals surface area contributed by atoms with Crippen LogP contribution >= 0.6 is 11.3 Å². The number of thiazole rings is 1. The van der Waals surface area contributed by atoms with Crippen LogP contribution in [-0.2, 0) is 0 Å². The summed E-state index contributed by atoms with van der Waals surface area (Å²) in [4.78, 5) is 17.0. The number of nitrogens with one attached hydrogen (secondary N) is 1. The van der Waals surface area contributed by atoms with E-state index in [4.69, 9.17) is 4.74 Å². The van der Waals surface area contributed by atoms with Gasteiger partial charge in [-0.05, 0) is 30.3 Å². The van der Waals surface area contributed by atoms with Crippen LogP contribution in [0.25, 0.3) is 16.2 Å². The van der Waals surface area contributed by atoms with Crippen molar-refractivity contribution in [3.63, 3.8) is 0 Å². The second-order valence-electron chi connectivity index (χ2n) is 5.53. The zero-order chi connectivity index (χ0) is 19.0. The molecule has 0 aliphatic carbocycles. The Morgan fingerprint density at radius 3 is 2.78 bits per heavy atom. The average Bonchev–Trinajstić information content (AvgIpc) is 3.24. The second kappa shape index (κ2) is 6.76. The molecule has 0 spiro atoms. The quantitative estimate of drug-likeness (QED) is 0.576. The highest BCUT2D eigenvalue weighted by atomic mass is 32.1. The summed E-state index contributed by atoms with van der Waals surface area (Å²) >= 11 is 1.35. The lowest BCUT2D eigenvalue weighted by Gasteiger charge is -2.06. The fourth-order valence-corrected chi connectivity index (χ4v) is 3.41. The Balaban J connectivity index is 1.66. The van der Waals surface area contributed by atoms with E-state index in [1.807, 2.05) is 29.6 Å². The molecule has 4 aromatic rings. The lowest BCUT2D eigenvalue weighted by atomic mass is 10.1. The van der Waals surface area contributed by atoms with Crippen LogP contribution < -0.4 is 10.1 Å². The minimum atomic E-state index is -1.10. The van der Waals surface area contributed by atoms with Crippen molar-refractivity contribution in [2.45, 2.75) is 0 Å². The molecule has 2 heterocycles. The Kier molecular flexibility index (Phi) is 4.28. The van der Waals surface area contributed by atoms with Crippen LogP contribution in [-0.4, -0.2) is 27.6 Å². The number of ether oxygens (including phenoxy) is 1. The van der Waals surface area contributed by atoms with Crippen molar-refractivity contribution in [2.24, 2.45) is 0 Å². The summed E-state index contributed by atoms with van der Waals surface area (Å²) in [6, 6.07) is 10.4. The minimum absolute atomic E-state index is 0.0305. The summed E-state index contributed by atoms with van der Waals surface area (Å²) in [5.74, 6) is -2.01. The SMILES string of the molecule is COc1ccccc1-c1csc2nc(NC(=O)c3ccc(F)c(F)c3)nn12. The number of methoxy groups -OCH3 is 1. The van der Waals surface area contributed by atoms with Crippen LogP contribution in [0.1, 0.15) is 10.4 Å². The van der Waals surface area contributed by atoms with E-state index >= 15 is 0 Å². The summed E-state index contributed by atoms with van der Waals surface area (Å²) in [7, 11) is 1.58. The molecule has 2 aromatic carbocycles. The molecule has 0 unspecified atom stereocenters. The highest BCUT2D eigenvalue weighted by Gasteiger charge is 2.17. The number of benzene rings is 2. The van der Waals surface area contributed by atoms with Crippen LogP contribution in [0.2, 0.25) is 0 Å². The van der Waals surface area contributed by atoms with Crippen molar-refractivity contribution in [2.75, 3.05) is 12.4 Å². The van der Waals surface area contributed by atoms with Crippen LogP contribution in [0, 0.1) is 11.6 Å². The normalized spacial score (nSPS) is 10.9. The maximum atomic E-state index is 13.3. The predicted molar refractivity (Wildman–Crippen MR) is 97.2 cm³/mol. The molecule has 0 fully saturated rings. The lowest BCUT2D eigenvalue weighted by molar-refractivity contribution is 0.102. The maximum Gasteiger partial charge on any atom is 0.258 e. The number of aromatic nitrogens is 3.